The average molecular weight is 746 g/mol. The number of anilines is 1. The molecule has 3 heterocycles. The molecule has 5 aliphatic rings. The molecule has 0 bridgehead atoms. The van der Waals surface area contributed by atoms with Crippen molar-refractivity contribution in [2.45, 2.75) is 101 Å². The highest BCUT2D eigenvalue weighted by Crippen LogP contribution is 2.58. The van der Waals surface area contributed by atoms with Crippen LogP contribution >= 0.6 is 11.6 Å². The Kier molecular flexibility index (Phi) is 10.3. The number of halogens is 2. The van der Waals surface area contributed by atoms with E-state index in [2.05, 4.69) is 41.2 Å². The third-order valence-corrected chi connectivity index (χ3v) is 13.3. The Hall–Kier alpha value is -3.56. The van der Waals surface area contributed by atoms with E-state index in [-0.39, 0.29) is 17.3 Å². The number of hydrogen-bond donors (Lipinski definition) is 2. The van der Waals surface area contributed by atoms with Gasteiger partial charge >= 0.3 is 5.97 Å². The summed E-state index contributed by atoms with van der Waals surface area (Å²) in [6.07, 6.45) is 9.36. The first kappa shape index (κ1) is 36.4. The van der Waals surface area contributed by atoms with Crippen molar-refractivity contribution in [1.82, 2.24) is 9.88 Å². The molecule has 8 rings (SSSR count). The van der Waals surface area contributed by atoms with Crippen LogP contribution in [-0.2, 0) is 23.1 Å². The number of alkyl halides is 1. The fourth-order valence-corrected chi connectivity index (χ4v) is 10.4. The molecule has 1 saturated heterocycles. The third-order valence-electron chi connectivity index (χ3n) is 13.0. The summed E-state index contributed by atoms with van der Waals surface area (Å²) in [6.45, 7) is 8.26. The number of aromatic nitrogens is 1. The molecule has 2 aliphatic heterocycles. The minimum atomic E-state index is -1.10. The van der Waals surface area contributed by atoms with E-state index in [4.69, 9.17) is 25.8 Å². The Labute approximate surface area is 317 Å². The summed E-state index contributed by atoms with van der Waals surface area (Å²) in [5.41, 5.74) is 4.41. The van der Waals surface area contributed by atoms with Crippen LogP contribution in [0.15, 0.2) is 48.7 Å². The van der Waals surface area contributed by atoms with Gasteiger partial charge in [-0.25, -0.2) is 9.18 Å². The van der Waals surface area contributed by atoms with Gasteiger partial charge in [-0.05, 0) is 135 Å². The number of ether oxygens (including phenoxy) is 3. The number of carboxylic acids is 1. The van der Waals surface area contributed by atoms with Crippen LogP contribution in [0.3, 0.4) is 0 Å². The van der Waals surface area contributed by atoms with Crippen LogP contribution in [0.25, 0.3) is 0 Å². The van der Waals surface area contributed by atoms with Gasteiger partial charge in [0.15, 0.2) is 11.5 Å². The Bertz CT molecular complexity index is 1810. The second-order valence-electron chi connectivity index (χ2n) is 16.8. The standard InChI is InChI=1S/C43H53ClFN3O5/c1-27(24-51-37-9-15-46-36-8-3-5-28(2)40(36)37)17-31-18-30-19-38-39(53-26-29(25-52-38)22-48-16-10-33(45)23-48)21-35(30)42(31)11-13-43(14-12-42,41(49)50)47-34-7-4-6-32(44)20-34/h4,6-7,9,15,19-21,27-29,31,33,47H,3,5,8,10-14,16-18,22-26H2,1-2H3,(H,49,50)/t27-,28-,29?,31?,33+,42?,43?/m1/s1. The minimum absolute atomic E-state index is 0.155. The van der Waals surface area contributed by atoms with Crippen molar-refractivity contribution in [3.8, 4) is 17.2 Å². The second-order valence-corrected chi connectivity index (χ2v) is 17.2. The van der Waals surface area contributed by atoms with Crippen LogP contribution in [0.1, 0.15) is 93.5 Å². The normalized spacial score (nSPS) is 30.0. The number of fused-ring (bicyclic) bond motifs is 4. The number of carbonyl (C=O) groups is 1. The first-order valence-electron chi connectivity index (χ1n) is 19.8. The topological polar surface area (TPSA) is 93.2 Å². The molecule has 0 amide bonds. The Morgan fingerprint density at radius 1 is 1.13 bits per heavy atom. The van der Waals surface area contributed by atoms with Gasteiger partial charge in [0, 0.05) is 53.7 Å². The molecule has 1 aromatic heterocycles. The molecule has 2 N–H and O–H groups in total. The molecule has 5 atom stereocenters. The van der Waals surface area contributed by atoms with Crippen LogP contribution < -0.4 is 19.5 Å². The first-order valence-corrected chi connectivity index (χ1v) is 20.2. The fraction of sp³-hybridized carbons (Fsp3) is 0.581. The molecule has 10 heteroatoms. The van der Waals surface area contributed by atoms with Gasteiger partial charge in [-0.15, -0.1) is 0 Å². The number of aliphatic carboxylic acids is 1. The summed E-state index contributed by atoms with van der Waals surface area (Å²) in [5, 5.41) is 14.7. The lowest BCUT2D eigenvalue weighted by molar-refractivity contribution is -0.144. The quantitative estimate of drug-likeness (QED) is 0.213. The largest absolute Gasteiger partial charge is 0.493 e. The Morgan fingerprint density at radius 2 is 1.92 bits per heavy atom. The van der Waals surface area contributed by atoms with Gasteiger partial charge in [-0.1, -0.05) is 31.5 Å². The van der Waals surface area contributed by atoms with Crippen LogP contribution in [0, 0.1) is 17.8 Å². The molecule has 1 saturated carbocycles. The molecule has 284 valence electrons. The van der Waals surface area contributed by atoms with Crippen molar-refractivity contribution in [1.29, 1.82) is 0 Å². The van der Waals surface area contributed by atoms with E-state index in [0.29, 0.717) is 62.5 Å². The summed E-state index contributed by atoms with van der Waals surface area (Å²) in [6, 6.07) is 13.8. The molecule has 53 heavy (non-hydrogen) atoms. The minimum Gasteiger partial charge on any atom is -0.493 e. The maximum absolute atomic E-state index is 13.9. The van der Waals surface area contributed by atoms with Crippen molar-refractivity contribution in [3.05, 3.63) is 76.1 Å². The van der Waals surface area contributed by atoms with E-state index in [1.165, 1.54) is 28.8 Å². The zero-order chi connectivity index (χ0) is 36.7. The number of likely N-dealkylation sites (tertiary alicyclic amines) is 1. The highest BCUT2D eigenvalue weighted by Gasteiger charge is 2.54. The lowest BCUT2D eigenvalue weighted by atomic mass is 9.59. The summed E-state index contributed by atoms with van der Waals surface area (Å²) in [7, 11) is 0. The van der Waals surface area contributed by atoms with E-state index < -0.39 is 17.7 Å². The fourth-order valence-electron chi connectivity index (χ4n) is 10.2. The Morgan fingerprint density at radius 3 is 2.66 bits per heavy atom. The van der Waals surface area contributed by atoms with Crippen LogP contribution in [0.5, 0.6) is 17.2 Å². The lowest BCUT2D eigenvalue weighted by Gasteiger charge is -2.47. The van der Waals surface area contributed by atoms with E-state index in [9.17, 15) is 14.3 Å². The van der Waals surface area contributed by atoms with Crippen molar-refractivity contribution < 1.29 is 28.5 Å². The number of nitrogens with one attached hydrogen (secondary N) is 1. The molecule has 1 spiro atoms. The molecule has 8 nitrogen and oxygen atoms in total. The van der Waals surface area contributed by atoms with Gasteiger partial charge in [-0.2, -0.15) is 0 Å². The molecule has 0 radical (unpaired) electrons. The van der Waals surface area contributed by atoms with Crippen LogP contribution in [0.4, 0.5) is 10.1 Å². The van der Waals surface area contributed by atoms with Gasteiger partial charge in [0.05, 0.1) is 19.8 Å². The van der Waals surface area contributed by atoms with Gasteiger partial charge in [-0.3, -0.25) is 9.88 Å². The van der Waals surface area contributed by atoms with Crippen molar-refractivity contribution in [3.63, 3.8) is 0 Å². The van der Waals surface area contributed by atoms with Gasteiger partial charge in [0.25, 0.3) is 0 Å². The molecule has 3 aliphatic carbocycles. The summed E-state index contributed by atoms with van der Waals surface area (Å²) in [4.78, 5) is 19.9. The number of nitrogens with zero attached hydrogens (tertiary/aromatic N) is 2. The third kappa shape index (κ3) is 7.32. The van der Waals surface area contributed by atoms with Crippen molar-refractivity contribution in [2.75, 3.05) is 44.8 Å². The zero-order valence-electron chi connectivity index (χ0n) is 31.0. The van der Waals surface area contributed by atoms with E-state index in [0.717, 1.165) is 74.6 Å². The van der Waals surface area contributed by atoms with Crippen LogP contribution in [0.2, 0.25) is 5.02 Å². The summed E-state index contributed by atoms with van der Waals surface area (Å²) >= 11 is 6.30. The SMILES string of the molecule is C[C@@H](COc1ccnc2c1[C@H](C)CCC2)CC1Cc2cc3c(cc2C12CCC(Nc1cccc(Cl)c1)(C(=O)O)CC2)OCC(CN1CC[C@H](F)C1)CO3. The first-order chi connectivity index (χ1) is 25.6. The van der Waals surface area contributed by atoms with Gasteiger partial charge in [0.2, 0.25) is 0 Å². The number of hydrogen-bond acceptors (Lipinski definition) is 7. The van der Waals surface area contributed by atoms with E-state index >= 15 is 0 Å². The maximum atomic E-state index is 13.9. The number of pyridine rings is 1. The highest BCUT2D eigenvalue weighted by atomic mass is 35.5. The van der Waals surface area contributed by atoms with Crippen molar-refractivity contribution in [2.24, 2.45) is 17.8 Å². The maximum Gasteiger partial charge on any atom is 0.329 e. The molecular formula is C43H53ClFN3O5. The van der Waals surface area contributed by atoms with Crippen LogP contribution in [-0.4, -0.2) is 72.1 Å². The lowest BCUT2D eigenvalue weighted by Crippen LogP contribution is -2.53. The van der Waals surface area contributed by atoms with Gasteiger partial charge < -0.3 is 24.6 Å². The number of aryl methyl sites for hydroxylation is 1. The second kappa shape index (κ2) is 14.9. The molecule has 2 unspecified atom stereocenters. The zero-order valence-corrected chi connectivity index (χ0v) is 31.8. The monoisotopic (exact) mass is 745 g/mol. The van der Waals surface area contributed by atoms with Gasteiger partial charge in [0.1, 0.15) is 17.5 Å². The predicted octanol–water partition coefficient (Wildman–Crippen LogP) is 8.63. The smallest absolute Gasteiger partial charge is 0.329 e. The number of benzene rings is 2. The molecule has 2 fully saturated rings. The number of carboxylic acid groups (broad SMARTS) is 1. The summed E-state index contributed by atoms with van der Waals surface area (Å²) in [5.74, 6) is 2.87. The average Bonchev–Trinajstić information content (AvgIpc) is 3.60. The number of rotatable bonds is 10. The molecule has 3 aromatic rings. The summed E-state index contributed by atoms with van der Waals surface area (Å²) < 4.78 is 33.4. The van der Waals surface area contributed by atoms with E-state index in [1.54, 1.807) is 12.1 Å². The van der Waals surface area contributed by atoms with Crippen molar-refractivity contribution >= 4 is 23.3 Å². The molecule has 2 aromatic carbocycles. The van der Waals surface area contributed by atoms with E-state index in [1.807, 2.05) is 24.4 Å². The molecular weight excluding hydrogens is 693 g/mol. The highest BCUT2D eigenvalue weighted by molar-refractivity contribution is 6.30. The Balaban J connectivity index is 1.04. The predicted molar refractivity (Wildman–Crippen MR) is 205 cm³/mol.